The van der Waals surface area contributed by atoms with Crippen molar-refractivity contribution in [3.8, 4) is 33.5 Å². The van der Waals surface area contributed by atoms with Crippen molar-refractivity contribution >= 4 is 18.3 Å². The van der Waals surface area contributed by atoms with E-state index in [2.05, 4.69) is 78.0 Å². The van der Waals surface area contributed by atoms with Gasteiger partial charge in [-0.25, -0.2) is 4.98 Å². The first-order chi connectivity index (χ1) is 13.8. The quantitative estimate of drug-likeness (QED) is 0.349. The summed E-state index contributed by atoms with van der Waals surface area (Å²) in [7, 11) is 0. The highest BCUT2D eigenvalue weighted by molar-refractivity contribution is 7.80. The molecule has 0 aliphatic rings. The highest BCUT2D eigenvalue weighted by Crippen LogP contribution is 2.33. The Kier molecular flexibility index (Phi) is 4.22. The summed E-state index contributed by atoms with van der Waals surface area (Å²) in [6.45, 7) is 0. The first-order valence-electron chi connectivity index (χ1n) is 9.21. The molecule has 2 heterocycles. The van der Waals surface area contributed by atoms with E-state index in [1.54, 1.807) is 0 Å². The lowest BCUT2D eigenvalue weighted by molar-refractivity contribution is 1.19. The molecule has 0 N–H and O–H groups in total. The van der Waals surface area contributed by atoms with Gasteiger partial charge >= 0.3 is 0 Å². The summed E-state index contributed by atoms with van der Waals surface area (Å²) in [5, 5.41) is 0. The fourth-order valence-corrected chi connectivity index (χ4v) is 3.83. The third-order valence-electron chi connectivity index (χ3n) is 4.92. The number of imidazole rings is 1. The zero-order valence-corrected chi connectivity index (χ0v) is 16.1. The molecule has 0 aliphatic heterocycles. The Morgan fingerprint density at radius 3 is 1.96 bits per heavy atom. The number of aromatic nitrogens is 2. The van der Waals surface area contributed by atoms with Gasteiger partial charge in [0, 0.05) is 34.0 Å². The molecular formula is C25H18N2S. The Hall–Kier alpha value is -3.30. The third-order valence-corrected chi connectivity index (χ3v) is 5.31. The van der Waals surface area contributed by atoms with Gasteiger partial charge in [-0.05, 0) is 23.3 Å². The monoisotopic (exact) mass is 378 g/mol. The predicted molar refractivity (Wildman–Crippen MR) is 119 cm³/mol. The van der Waals surface area contributed by atoms with Crippen molar-refractivity contribution in [2.45, 2.75) is 4.90 Å². The highest BCUT2D eigenvalue weighted by atomic mass is 32.1. The molecule has 0 unspecified atom stereocenters. The van der Waals surface area contributed by atoms with Crippen molar-refractivity contribution in [3.63, 3.8) is 0 Å². The van der Waals surface area contributed by atoms with E-state index in [1.807, 2.05) is 42.5 Å². The van der Waals surface area contributed by atoms with Crippen molar-refractivity contribution in [1.82, 2.24) is 9.38 Å². The lowest BCUT2D eigenvalue weighted by Gasteiger charge is -2.10. The van der Waals surface area contributed by atoms with Crippen LogP contribution in [0.25, 0.3) is 39.2 Å². The van der Waals surface area contributed by atoms with Gasteiger partial charge in [-0.2, -0.15) is 0 Å². The standard InChI is InChI=1S/C25H18N2S/c28-24-14-8-7-13-21(24)20-15-22(18-9-3-1-4-10-18)25-26-23(17-27(25)16-20)19-11-5-2-6-12-19/h1-17,28H. The minimum Gasteiger partial charge on any atom is -0.305 e. The molecule has 134 valence electrons. The predicted octanol–water partition coefficient (Wildman–Crippen LogP) is 6.62. The lowest BCUT2D eigenvalue weighted by atomic mass is 10.0. The summed E-state index contributed by atoms with van der Waals surface area (Å²) < 4.78 is 2.13. The minimum atomic E-state index is 0.949. The van der Waals surface area contributed by atoms with Crippen LogP contribution in [-0.4, -0.2) is 9.38 Å². The van der Waals surface area contributed by atoms with E-state index in [-0.39, 0.29) is 0 Å². The molecule has 3 aromatic carbocycles. The van der Waals surface area contributed by atoms with Gasteiger partial charge in [0.1, 0.15) is 5.65 Å². The molecule has 28 heavy (non-hydrogen) atoms. The lowest BCUT2D eigenvalue weighted by Crippen LogP contribution is -1.91. The number of fused-ring (bicyclic) bond motifs is 1. The summed E-state index contributed by atoms with van der Waals surface area (Å²) in [4.78, 5) is 5.92. The maximum absolute atomic E-state index is 4.96. The number of pyridine rings is 1. The van der Waals surface area contributed by atoms with Crippen LogP contribution in [-0.2, 0) is 0 Å². The average Bonchev–Trinajstić information content (AvgIpc) is 3.19. The topological polar surface area (TPSA) is 17.3 Å². The van der Waals surface area contributed by atoms with Crippen LogP contribution in [0.15, 0.2) is 108 Å². The summed E-state index contributed by atoms with van der Waals surface area (Å²) in [6, 6.07) is 31.1. The number of rotatable bonds is 3. The maximum Gasteiger partial charge on any atom is 0.145 e. The summed E-state index contributed by atoms with van der Waals surface area (Å²) in [5.74, 6) is 0. The molecule has 5 aromatic rings. The van der Waals surface area contributed by atoms with Crippen LogP contribution >= 0.6 is 12.6 Å². The Morgan fingerprint density at radius 1 is 0.607 bits per heavy atom. The van der Waals surface area contributed by atoms with Crippen molar-refractivity contribution in [3.05, 3.63) is 103 Å². The summed E-state index contributed by atoms with van der Waals surface area (Å²) in [5.41, 5.74) is 7.52. The van der Waals surface area contributed by atoms with Crippen LogP contribution in [0.3, 0.4) is 0 Å². The van der Waals surface area contributed by atoms with Crippen molar-refractivity contribution in [2.75, 3.05) is 0 Å². The smallest absolute Gasteiger partial charge is 0.145 e. The van der Waals surface area contributed by atoms with Crippen LogP contribution < -0.4 is 0 Å². The fourth-order valence-electron chi connectivity index (χ4n) is 3.54. The fraction of sp³-hybridized carbons (Fsp3) is 0. The molecule has 0 amide bonds. The molecular weight excluding hydrogens is 360 g/mol. The molecule has 0 atom stereocenters. The second-order valence-electron chi connectivity index (χ2n) is 6.75. The molecule has 0 radical (unpaired) electrons. The molecule has 5 rings (SSSR count). The van der Waals surface area contributed by atoms with E-state index in [0.717, 1.165) is 44.1 Å². The highest BCUT2D eigenvalue weighted by Gasteiger charge is 2.13. The zero-order chi connectivity index (χ0) is 18.9. The number of hydrogen-bond acceptors (Lipinski definition) is 2. The molecule has 3 heteroatoms. The number of thiol groups is 1. The van der Waals surface area contributed by atoms with Gasteiger partial charge in [0.2, 0.25) is 0 Å². The number of nitrogens with zero attached hydrogens (tertiary/aromatic N) is 2. The summed E-state index contributed by atoms with van der Waals surface area (Å²) in [6.07, 6.45) is 4.23. The largest absolute Gasteiger partial charge is 0.305 e. The van der Waals surface area contributed by atoms with Crippen LogP contribution in [0.2, 0.25) is 0 Å². The van der Waals surface area contributed by atoms with Gasteiger partial charge in [-0.1, -0.05) is 78.9 Å². The van der Waals surface area contributed by atoms with Crippen molar-refractivity contribution in [1.29, 1.82) is 0 Å². The van der Waals surface area contributed by atoms with Crippen molar-refractivity contribution in [2.24, 2.45) is 0 Å². The van der Waals surface area contributed by atoms with Gasteiger partial charge in [0.25, 0.3) is 0 Å². The third kappa shape index (κ3) is 3.00. The minimum absolute atomic E-state index is 0.949. The number of benzene rings is 3. The second kappa shape index (κ2) is 7.02. The Morgan fingerprint density at radius 2 is 1.25 bits per heavy atom. The zero-order valence-electron chi connectivity index (χ0n) is 15.2. The molecule has 0 fully saturated rings. The second-order valence-corrected chi connectivity index (χ2v) is 7.23. The van der Waals surface area contributed by atoms with Gasteiger partial charge < -0.3 is 4.40 Å². The van der Waals surface area contributed by atoms with E-state index in [9.17, 15) is 0 Å². The average molecular weight is 379 g/mol. The summed E-state index contributed by atoms with van der Waals surface area (Å²) >= 11 is 4.66. The van der Waals surface area contributed by atoms with Gasteiger partial charge in [-0.3, -0.25) is 0 Å². The van der Waals surface area contributed by atoms with Crippen LogP contribution in [0.1, 0.15) is 0 Å². The van der Waals surface area contributed by atoms with Crippen LogP contribution in [0.5, 0.6) is 0 Å². The van der Waals surface area contributed by atoms with Crippen LogP contribution in [0.4, 0.5) is 0 Å². The Bertz CT molecular complexity index is 1260. The van der Waals surface area contributed by atoms with E-state index in [0.29, 0.717) is 0 Å². The Labute approximate surface area is 169 Å². The molecule has 2 nitrogen and oxygen atoms in total. The Balaban J connectivity index is 1.79. The number of hydrogen-bond donors (Lipinski definition) is 1. The normalized spacial score (nSPS) is 11.0. The first kappa shape index (κ1) is 16.8. The van der Waals surface area contributed by atoms with E-state index >= 15 is 0 Å². The van der Waals surface area contributed by atoms with E-state index < -0.39 is 0 Å². The molecule has 0 aliphatic carbocycles. The van der Waals surface area contributed by atoms with Crippen LogP contribution in [0, 0.1) is 0 Å². The molecule has 0 saturated heterocycles. The molecule has 0 saturated carbocycles. The molecule has 2 aromatic heterocycles. The SMILES string of the molecule is Sc1ccccc1-c1cc(-c2ccccc2)c2nc(-c3ccccc3)cn2c1. The van der Waals surface area contributed by atoms with Gasteiger partial charge in [0.05, 0.1) is 5.69 Å². The van der Waals surface area contributed by atoms with E-state index in [4.69, 9.17) is 4.98 Å². The van der Waals surface area contributed by atoms with Crippen molar-refractivity contribution < 1.29 is 0 Å². The van der Waals surface area contributed by atoms with E-state index in [1.165, 1.54) is 0 Å². The van der Waals surface area contributed by atoms with Gasteiger partial charge in [-0.15, -0.1) is 12.6 Å². The first-order valence-corrected chi connectivity index (χ1v) is 9.66. The maximum atomic E-state index is 4.96. The molecule has 0 bridgehead atoms. The van der Waals surface area contributed by atoms with Gasteiger partial charge in [0.15, 0.2) is 0 Å². The molecule has 0 spiro atoms.